The summed E-state index contributed by atoms with van der Waals surface area (Å²) in [6, 6.07) is 0.775. The fraction of sp³-hybridized carbons (Fsp3) is 0.583. The molecule has 0 saturated heterocycles. The first kappa shape index (κ1) is 13.5. The number of hydrogen-bond donors (Lipinski definition) is 2. The van der Waals surface area contributed by atoms with Gasteiger partial charge in [-0.3, -0.25) is 4.68 Å². The van der Waals surface area contributed by atoms with Crippen molar-refractivity contribution in [1.82, 2.24) is 25.3 Å². The predicted octanol–water partition coefficient (Wildman–Crippen LogP) is 1.61. The van der Waals surface area contributed by atoms with Crippen LogP contribution in [0.5, 0.6) is 0 Å². The maximum Gasteiger partial charge on any atom is 0.320 e. The van der Waals surface area contributed by atoms with Crippen molar-refractivity contribution in [2.24, 2.45) is 7.05 Å². The van der Waals surface area contributed by atoms with Gasteiger partial charge in [-0.05, 0) is 6.42 Å². The van der Waals surface area contributed by atoms with E-state index in [2.05, 4.69) is 46.7 Å². The molecule has 2 N–H and O–H groups in total. The molecule has 2 rings (SSSR count). The molecule has 0 aliphatic carbocycles. The van der Waals surface area contributed by atoms with Gasteiger partial charge in [0.05, 0.1) is 17.9 Å². The van der Waals surface area contributed by atoms with Gasteiger partial charge in [0.25, 0.3) is 0 Å². The molecule has 0 bridgehead atoms. The molecule has 0 unspecified atom stereocenters. The Morgan fingerprint density at radius 2 is 2.16 bits per heavy atom. The third-order valence-corrected chi connectivity index (χ3v) is 2.61. The van der Waals surface area contributed by atoms with Crippen molar-refractivity contribution in [2.45, 2.75) is 39.8 Å². The second-order valence-corrected chi connectivity index (χ2v) is 4.68. The predicted molar refractivity (Wildman–Crippen MR) is 72.1 cm³/mol. The van der Waals surface area contributed by atoms with Crippen LogP contribution in [-0.4, -0.2) is 26.0 Å². The molecule has 2 aromatic rings. The van der Waals surface area contributed by atoms with Crippen LogP contribution in [0.3, 0.4) is 0 Å². The lowest BCUT2D eigenvalue weighted by Gasteiger charge is -2.03. The average molecular weight is 264 g/mol. The zero-order valence-corrected chi connectivity index (χ0v) is 11.8. The monoisotopic (exact) mass is 264 g/mol. The summed E-state index contributed by atoms with van der Waals surface area (Å²) in [7, 11) is 1.89. The van der Waals surface area contributed by atoms with E-state index in [0.717, 1.165) is 17.8 Å². The van der Waals surface area contributed by atoms with Crippen LogP contribution in [0.1, 0.15) is 32.4 Å². The summed E-state index contributed by atoms with van der Waals surface area (Å²) in [5.41, 5.74) is 1.87. The first-order valence-electron chi connectivity index (χ1n) is 6.43. The number of aromatic nitrogens is 4. The molecule has 0 radical (unpaired) electrons. The molecule has 0 amide bonds. The number of nitrogens with zero attached hydrogens (tertiary/aromatic N) is 4. The summed E-state index contributed by atoms with van der Waals surface area (Å²) in [4.78, 5) is 0. The number of aryl methyl sites for hydroxylation is 2. The Morgan fingerprint density at radius 1 is 1.37 bits per heavy atom. The van der Waals surface area contributed by atoms with Gasteiger partial charge in [-0.1, -0.05) is 25.9 Å². The van der Waals surface area contributed by atoms with Crippen molar-refractivity contribution >= 4 is 11.7 Å². The normalized spacial score (nSPS) is 11.2. The Morgan fingerprint density at radius 3 is 2.84 bits per heavy atom. The van der Waals surface area contributed by atoms with Crippen LogP contribution in [0.2, 0.25) is 0 Å². The molecule has 7 nitrogen and oxygen atoms in total. The lowest BCUT2D eigenvalue weighted by molar-refractivity contribution is 0.460. The fourth-order valence-electron chi connectivity index (χ4n) is 1.68. The first-order valence-corrected chi connectivity index (χ1v) is 6.43. The summed E-state index contributed by atoms with van der Waals surface area (Å²) < 4.78 is 7.28. The van der Waals surface area contributed by atoms with E-state index in [4.69, 9.17) is 4.42 Å². The van der Waals surface area contributed by atoms with E-state index < -0.39 is 0 Å². The van der Waals surface area contributed by atoms with Crippen LogP contribution >= 0.6 is 0 Å². The second kappa shape index (κ2) is 5.83. The zero-order chi connectivity index (χ0) is 13.8. The maximum atomic E-state index is 5.51. The molecule has 0 saturated carbocycles. The number of rotatable bonds is 6. The summed E-state index contributed by atoms with van der Waals surface area (Å²) >= 11 is 0. The third kappa shape index (κ3) is 3.54. The molecule has 7 heteroatoms. The Kier molecular flexibility index (Phi) is 4.16. The van der Waals surface area contributed by atoms with Gasteiger partial charge in [0.1, 0.15) is 0 Å². The van der Waals surface area contributed by atoms with E-state index in [1.54, 1.807) is 4.68 Å². The van der Waals surface area contributed by atoms with E-state index in [1.807, 2.05) is 13.2 Å². The second-order valence-electron chi connectivity index (χ2n) is 4.68. The topological polar surface area (TPSA) is 80.8 Å². The summed E-state index contributed by atoms with van der Waals surface area (Å²) in [5.74, 6) is 0.568. The molecular weight excluding hydrogens is 244 g/mol. The molecule has 2 aromatic heterocycles. The highest BCUT2D eigenvalue weighted by molar-refractivity contribution is 5.54. The quantitative estimate of drug-likeness (QED) is 0.825. The van der Waals surface area contributed by atoms with Gasteiger partial charge in [0.15, 0.2) is 0 Å². The van der Waals surface area contributed by atoms with Crippen LogP contribution < -0.4 is 10.6 Å². The summed E-state index contributed by atoms with van der Waals surface area (Å²) in [6.45, 7) is 6.76. The Hall–Kier alpha value is -1.89. The Labute approximate surface area is 112 Å². The van der Waals surface area contributed by atoms with Crippen LogP contribution in [-0.2, 0) is 20.0 Å². The number of hydrogen-bond acceptors (Lipinski definition) is 6. The van der Waals surface area contributed by atoms with Crippen molar-refractivity contribution < 1.29 is 4.42 Å². The van der Waals surface area contributed by atoms with Crippen LogP contribution in [0.4, 0.5) is 11.7 Å². The lowest BCUT2D eigenvalue weighted by Crippen LogP contribution is -2.21. The summed E-state index contributed by atoms with van der Waals surface area (Å²) in [5, 5.41) is 18.6. The highest BCUT2D eigenvalue weighted by Crippen LogP contribution is 2.19. The molecule has 2 heterocycles. The lowest BCUT2D eigenvalue weighted by atomic mass is 10.3. The first-order chi connectivity index (χ1) is 9.08. The van der Waals surface area contributed by atoms with Crippen molar-refractivity contribution in [3.8, 4) is 0 Å². The van der Waals surface area contributed by atoms with E-state index >= 15 is 0 Å². The number of nitrogens with one attached hydrogen (secondary N) is 2. The average Bonchev–Trinajstić information content (AvgIpc) is 2.94. The molecule has 0 fully saturated rings. The van der Waals surface area contributed by atoms with Crippen molar-refractivity contribution in [3.05, 3.63) is 17.8 Å². The van der Waals surface area contributed by atoms with Crippen molar-refractivity contribution in [3.63, 3.8) is 0 Å². The van der Waals surface area contributed by atoms with Gasteiger partial charge >= 0.3 is 6.01 Å². The summed E-state index contributed by atoms with van der Waals surface area (Å²) in [6.07, 6.45) is 2.74. The molecule has 0 aliphatic heterocycles. The minimum absolute atomic E-state index is 0.383. The van der Waals surface area contributed by atoms with E-state index in [1.165, 1.54) is 0 Å². The molecule has 0 atom stereocenters. The van der Waals surface area contributed by atoms with Gasteiger partial charge < -0.3 is 15.1 Å². The van der Waals surface area contributed by atoms with Gasteiger partial charge in [0.2, 0.25) is 5.89 Å². The maximum absolute atomic E-state index is 5.51. The highest BCUT2D eigenvalue weighted by atomic mass is 16.4. The van der Waals surface area contributed by atoms with Gasteiger partial charge in [-0.25, -0.2) is 0 Å². The fourth-order valence-corrected chi connectivity index (χ4v) is 1.68. The van der Waals surface area contributed by atoms with E-state index in [-0.39, 0.29) is 0 Å². The third-order valence-electron chi connectivity index (χ3n) is 2.61. The molecule has 19 heavy (non-hydrogen) atoms. The standard InChI is InChI=1S/C12H20N6O/c1-5-9-10(7-18(4)17-9)14-12-16-15-11(19-12)6-13-8(2)3/h7-8,13H,5-6H2,1-4H3,(H,14,16). The number of anilines is 2. The molecule has 0 aliphatic rings. The van der Waals surface area contributed by atoms with Gasteiger partial charge in [0, 0.05) is 19.3 Å². The molecule has 0 aromatic carbocycles. The minimum Gasteiger partial charge on any atom is -0.406 e. The SMILES string of the molecule is CCc1nn(C)cc1Nc1nnc(CNC(C)C)o1. The van der Waals surface area contributed by atoms with Crippen LogP contribution in [0, 0.1) is 0 Å². The van der Waals surface area contributed by atoms with E-state index in [0.29, 0.717) is 24.5 Å². The Bertz CT molecular complexity index is 530. The van der Waals surface area contributed by atoms with Crippen LogP contribution in [0.25, 0.3) is 0 Å². The highest BCUT2D eigenvalue weighted by Gasteiger charge is 2.10. The molecular formula is C12H20N6O. The minimum atomic E-state index is 0.383. The smallest absolute Gasteiger partial charge is 0.320 e. The van der Waals surface area contributed by atoms with Gasteiger partial charge in [-0.15, -0.1) is 5.10 Å². The zero-order valence-electron chi connectivity index (χ0n) is 11.8. The largest absolute Gasteiger partial charge is 0.406 e. The van der Waals surface area contributed by atoms with Crippen molar-refractivity contribution in [1.29, 1.82) is 0 Å². The molecule has 104 valence electrons. The van der Waals surface area contributed by atoms with E-state index in [9.17, 15) is 0 Å². The Balaban J connectivity index is 2.03. The van der Waals surface area contributed by atoms with Crippen molar-refractivity contribution in [2.75, 3.05) is 5.32 Å². The molecule has 0 spiro atoms. The van der Waals surface area contributed by atoms with Gasteiger partial charge in [-0.2, -0.15) is 5.10 Å². The van der Waals surface area contributed by atoms with Crippen LogP contribution in [0.15, 0.2) is 10.6 Å².